The number of rotatable bonds is 7. The monoisotopic (exact) mass is 471 g/mol. The van der Waals surface area contributed by atoms with E-state index in [0.717, 1.165) is 9.80 Å². The molecule has 0 aromatic heterocycles. The first-order valence-corrected chi connectivity index (χ1v) is 10.5. The summed E-state index contributed by atoms with van der Waals surface area (Å²) >= 11 is 0. The third kappa shape index (κ3) is 4.74. The molecule has 4 rings (SSSR count). The molecule has 3 aromatic rings. The van der Waals surface area contributed by atoms with Crippen LogP contribution in [0.3, 0.4) is 0 Å². The minimum atomic E-state index is -0.776. The van der Waals surface area contributed by atoms with Crippen LogP contribution in [0.2, 0.25) is 0 Å². The zero-order valence-corrected chi connectivity index (χ0v) is 18.7. The van der Waals surface area contributed by atoms with Gasteiger partial charge in [0.15, 0.2) is 18.1 Å². The maximum absolute atomic E-state index is 13.4. The van der Waals surface area contributed by atoms with E-state index in [0.29, 0.717) is 16.9 Å². The predicted octanol–water partition coefficient (Wildman–Crippen LogP) is 3.14. The molecular formula is C26H21N3O6. The van der Waals surface area contributed by atoms with Crippen molar-refractivity contribution in [1.82, 2.24) is 0 Å². The summed E-state index contributed by atoms with van der Waals surface area (Å²) in [6.07, 6.45) is 1.38. The summed E-state index contributed by atoms with van der Waals surface area (Å²) in [5.74, 6) is -1.63. The smallest absolute Gasteiger partial charge is 0.343 e. The van der Waals surface area contributed by atoms with Crippen LogP contribution < -0.4 is 25.0 Å². The summed E-state index contributed by atoms with van der Waals surface area (Å²) in [5, 5.41) is 0. The third-order valence-corrected chi connectivity index (χ3v) is 5.15. The van der Waals surface area contributed by atoms with Crippen molar-refractivity contribution in [2.75, 3.05) is 23.5 Å². The number of urea groups is 1. The van der Waals surface area contributed by atoms with E-state index >= 15 is 0 Å². The van der Waals surface area contributed by atoms with Gasteiger partial charge in [0.25, 0.3) is 17.7 Å². The number of para-hydroxylation sites is 2. The number of methoxy groups -OCH3 is 1. The topological polar surface area (TPSA) is 119 Å². The van der Waals surface area contributed by atoms with Gasteiger partial charge in [-0.05, 0) is 48.0 Å². The van der Waals surface area contributed by atoms with E-state index in [1.165, 1.54) is 19.3 Å². The molecule has 9 nitrogen and oxygen atoms in total. The average Bonchev–Trinajstić information content (AvgIpc) is 2.87. The van der Waals surface area contributed by atoms with Gasteiger partial charge in [-0.15, -0.1) is 0 Å². The van der Waals surface area contributed by atoms with Gasteiger partial charge in [-0.2, -0.15) is 0 Å². The number of hydrogen-bond acceptors (Lipinski definition) is 6. The van der Waals surface area contributed by atoms with Gasteiger partial charge in [0.2, 0.25) is 0 Å². The number of carbonyl (C=O) groups is 4. The summed E-state index contributed by atoms with van der Waals surface area (Å²) < 4.78 is 10.6. The van der Waals surface area contributed by atoms with Crippen molar-refractivity contribution in [3.63, 3.8) is 0 Å². The number of benzene rings is 3. The number of ether oxygens (including phenoxy) is 2. The fourth-order valence-electron chi connectivity index (χ4n) is 3.55. The molecule has 0 atom stereocenters. The number of hydrogen-bond donors (Lipinski definition) is 1. The molecule has 2 N–H and O–H groups in total. The zero-order valence-electron chi connectivity index (χ0n) is 18.7. The number of imide groups is 2. The van der Waals surface area contributed by atoms with Crippen molar-refractivity contribution < 1.29 is 28.7 Å². The highest BCUT2D eigenvalue weighted by Crippen LogP contribution is 2.32. The number of primary amides is 1. The number of barbiturate groups is 1. The van der Waals surface area contributed by atoms with Crippen molar-refractivity contribution >= 4 is 41.2 Å². The molecule has 0 radical (unpaired) electrons. The van der Waals surface area contributed by atoms with Crippen LogP contribution in [0.5, 0.6) is 11.5 Å². The van der Waals surface area contributed by atoms with Gasteiger partial charge in [0, 0.05) is 0 Å². The molecule has 1 fully saturated rings. The molecule has 0 saturated carbocycles. The number of carbonyl (C=O) groups excluding carboxylic acids is 4. The summed E-state index contributed by atoms with van der Waals surface area (Å²) in [6.45, 7) is -0.339. The molecule has 1 aliphatic heterocycles. The largest absolute Gasteiger partial charge is 0.493 e. The van der Waals surface area contributed by atoms with Gasteiger partial charge < -0.3 is 15.2 Å². The lowest BCUT2D eigenvalue weighted by atomic mass is 10.0. The van der Waals surface area contributed by atoms with E-state index < -0.39 is 23.8 Å². The fraction of sp³-hybridized carbons (Fsp3) is 0.0769. The maximum Gasteiger partial charge on any atom is 0.343 e. The van der Waals surface area contributed by atoms with E-state index in [9.17, 15) is 19.2 Å². The highest BCUT2D eigenvalue weighted by molar-refractivity contribution is 6.46. The Labute approximate surface area is 201 Å². The van der Waals surface area contributed by atoms with Crippen molar-refractivity contribution in [2.45, 2.75) is 0 Å². The highest BCUT2D eigenvalue weighted by Gasteiger charge is 2.43. The van der Waals surface area contributed by atoms with Crippen LogP contribution in [0.1, 0.15) is 5.56 Å². The number of amides is 5. The van der Waals surface area contributed by atoms with Gasteiger partial charge in [-0.25, -0.2) is 14.6 Å². The minimum absolute atomic E-state index is 0.217. The van der Waals surface area contributed by atoms with Crippen LogP contribution in [0.15, 0.2) is 84.4 Å². The molecule has 1 aliphatic rings. The van der Waals surface area contributed by atoms with Crippen LogP contribution in [0, 0.1) is 0 Å². The first-order valence-electron chi connectivity index (χ1n) is 10.5. The van der Waals surface area contributed by atoms with Gasteiger partial charge in [-0.3, -0.25) is 14.4 Å². The van der Waals surface area contributed by atoms with Crippen LogP contribution in [0.4, 0.5) is 16.2 Å². The van der Waals surface area contributed by atoms with Gasteiger partial charge >= 0.3 is 6.03 Å². The number of nitrogens with two attached hydrogens (primary N) is 1. The summed E-state index contributed by atoms with van der Waals surface area (Å²) in [4.78, 5) is 53.1. The Hall–Kier alpha value is -4.92. The Morgan fingerprint density at radius 1 is 0.829 bits per heavy atom. The summed E-state index contributed by atoms with van der Waals surface area (Å²) in [5.41, 5.74) is 6.01. The van der Waals surface area contributed by atoms with E-state index in [1.807, 2.05) is 0 Å². The summed E-state index contributed by atoms with van der Waals surface area (Å²) in [7, 11) is 1.41. The number of nitrogens with zero attached hydrogens (tertiary/aromatic N) is 2. The van der Waals surface area contributed by atoms with Crippen LogP contribution in [-0.4, -0.2) is 37.5 Å². The Kier molecular flexibility index (Phi) is 6.59. The second-order valence-corrected chi connectivity index (χ2v) is 7.46. The van der Waals surface area contributed by atoms with Crippen molar-refractivity contribution in [3.8, 4) is 11.5 Å². The average molecular weight is 471 g/mol. The molecule has 0 aliphatic carbocycles. The predicted molar refractivity (Wildman–Crippen MR) is 129 cm³/mol. The second-order valence-electron chi connectivity index (χ2n) is 7.46. The SMILES string of the molecule is COc1cc(C=C2C(=O)N(c3ccccc3)C(=O)N(c3ccccc3)C2=O)ccc1OCC(N)=O. The first kappa shape index (κ1) is 23.2. The Morgan fingerprint density at radius 3 is 1.86 bits per heavy atom. The molecule has 176 valence electrons. The molecule has 0 bridgehead atoms. The summed E-state index contributed by atoms with van der Waals surface area (Å²) in [6, 6.07) is 20.6. The standard InChI is InChI=1S/C26H21N3O6/c1-34-22-15-17(12-13-21(22)35-16-23(27)30)14-20-24(31)28(18-8-4-2-5-9-18)26(33)29(25(20)32)19-10-6-3-7-11-19/h2-15H,16H2,1H3,(H2,27,30). The third-order valence-electron chi connectivity index (χ3n) is 5.15. The van der Waals surface area contributed by atoms with Gasteiger partial charge in [-0.1, -0.05) is 42.5 Å². The van der Waals surface area contributed by atoms with E-state index in [4.69, 9.17) is 15.2 Å². The normalized spacial score (nSPS) is 13.6. The lowest BCUT2D eigenvalue weighted by Gasteiger charge is -2.33. The Bertz CT molecular complexity index is 1260. The van der Waals surface area contributed by atoms with Gasteiger partial charge in [0.05, 0.1) is 18.5 Å². The fourth-order valence-corrected chi connectivity index (χ4v) is 3.55. The van der Waals surface area contributed by atoms with Gasteiger partial charge in [0.1, 0.15) is 5.57 Å². The van der Waals surface area contributed by atoms with Crippen LogP contribution in [0.25, 0.3) is 6.08 Å². The van der Waals surface area contributed by atoms with Crippen LogP contribution in [-0.2, 0) is 14.4 Å². The van der Waals surface area contributed by atoms with E-state index in [2.05, 4.69) is 0 Å². The van der Waals surface area contributed by atoms with Crippen molar-refractivity contribution in [1.29, 1.82) is 0 Å². The van der Waals surface area contributed by atoms with Crippen molar-refractivity contribution in [3.05, 3.63) is 90.0 Å². The highest BCUT2D eigenvalue weighted by atomic mass is 16.5. The zero-order chi connectivity index (χ0) is 24.9. The Balaban J connectivity index is 1.79. The molecule has 0 unspecified atom stereocenters. The van der Waals surface area contributed by atoms with E-state index in [1.54, 1.807) is 72.8 Å². The maximum atomic E-state index is 13.4. The quantitative estimate of drug-likeness (QED) is 0.418. The molecule has 3 aromatic carbocycles. The molecule has 35 heavy (non-hydrogen) atoms. The van der Waals surface area contributed by atoms with Crippen molar-refractivity contribution in [2.24, 2.45) is 5.73 Å². The molecule has 1 saturated heterocycles. The molecule has 0 spiro atoms. The van der Waals surface area contributed by atoms with E-state index in [-0.39, 0.29) is 23.7 Å². The van der Waals surface area contributed by atoms with Crippen LogP contribution >= 0.6 is 0 Å². The second kappa shape index (κ2) is 9.92. The lowest BCUT2D eigenvalue weighted by Crippen LogP contribution is -2.57. The molecule has 5 amide bonds. The Morgan fingerprint density at radius 2 is 1.37 bits per heavy atom. The molecular weight excluding hydrogens is 450 g/mol. The molecule has 1 heterocycles. The minimum Gasteiger partial charge on any atom is -0.493 e. The molecule has 9 heteroatoms. The number of anilines is 2. The first-order chi connectivity index (χ1) is 16.9. The lowest BCUT2D eigenvalue weighted by molar-refractivity contribution is -0.121.